The predicted molar refractivity (Wildman–Crippen MR) is 79.3 cm³/mol. The van der Waals surface area contributed by atoms with Crippen molar-refractivity contribution in [3.05, 3.63) is 61.6 Å². The number of nitro benzene ring substituents is 1. The third-order valence-electron chi connectivity index (χ3n) is 2.52. The number of rotatable bonds is 4. The van der Waals surface area contributed by atoms with Gasteiger partial charge < -0.3 is 9.84 Å². The number of nitro groups is 1. The number of ether oxygens (including phenoxy) is 1. The molecule has 8 heteroatoms. The standard InChI is InChI=1S/C13H7BrClNO5/c14-9-3-1-7(13(17)18)5-11(9)21-12-6-8(15)2-4-10(12)16(19)20/h1-6H,(H,17,18). The van der Waals surface area contributed by atoms with Crippen LogP contribution in [-0.2, 0) is 0 Å². The summed E-state index contributed by atoms with van der Waals surface area (Å²) in [6, 6.07) is 8.00. The van der Waals surface area contributed by atoms with Crippen molar-refractivity contribution in [2.45, 2.75) is 0 Å². The largest absolute Gasteiger partial charge is 0.478 e. The lowest BCUT2D eigenvalue weighted by atomic mass is 10.2. The number of carbonyl (C=O) groups is 1. The summed E-state index contributed by atoms with van der Waals surface area (Å²) in [5.41, 5.74) is -0.273. The molecule has 0 saturated heterocycles. The first-order valence-corrected chi connectivity index (χ1v) is 6.70. The second kappa shape index (κ2) is 6.11. The number of nitrogens with zero attached hydrogens (tertiary/aromatic N) is 1. The fraction of sp³-hybridized carbons (Fsp3) is 0. The Balaban J connectivity index is 2.47. The van der Waals surface area contributed by atoms with Gasteiger partial charge in [0.05, 0.1) is 15.0 Å². The van der Waals surface area contributed by atoms with Crippen LogP contribution in [0.3, 0.4) is 0 Å². The minimum Gasteiger partial charge on any atom is -0.478 e. The molecule has 0 radical (unpaired) electrons. The number of hydrogen-bond donors (Lipinski definition) is 1. The molecule has 108 valence electrons. The molecule has 0 aliphatic rings. The Morgan fingerprint density at radius 1 is 1.24 bits per heavy atom. The van der Waals surface area contributed by atoms with Crippen molar-refractivity contribution < 1.29 is 19.6 Å². The van der Waals surface area contributed by atoms with Crippen LogP contribution in [-0.4, -0.2) is 16.0 Å². The Bertz CT molecular complexity index is 734. The Morgan fingerprint density at radius 2 is 1.95 bits per heavy atom. The second-order valence-corrected chi connectivity index (χ2v) is 5.21. The van der Waals surface area contributed by atoms with Crippen molar-refractivity contribution in [1.29, 1.82) is 0 Å². The van der Waals surface area contributed by atoms with Crippen LogP contribution in [0.25, 0.3) is 0 Å². The molecule has 2 aromatic rings. The van der Waals surface area contributed by atoms with E-state index in [4.69, 9.17) is 21.4 Å². The highest BCUT2D eigenvalue weighted by atomic mass is 79.9. The molecule has 0 atom stereocenters. The van der Waals surface area contributed by atoms with E-state index in [9.17, 15) is 14.9 Å². The number of halogens is 2. The van der Waals surface area contributed by atoms with Crippen LogP contribution in [0, 0.1) is 10.1 Å². The monoisotopic (exact) mass is 371 g/mol. The molecule has 0 heterocycles. The van der Waals surface area contributed by atoms with E-state index in [2.05, 4.69) is 15.9 Å². The molecule has 6 nitrogen and oxygen atoms in total. The van der Waals surface area contributed by atoms with Crippen LogP contribution in [0.4, 0.5) is 5.69 Å². The lowest BCUT2D eigenvalue weighted by Crippen LogP contribution is -1.98. The average Bonchev–Trinajstić information content (AvgIpc) is 2.40. The van der Waals surface area contributed by atoms with Crippen molar-refractivity contribution >= 4 is 39.2 Å². The van der Waals surface area contributed by atoms with Crippen molar-refractivity contribution in [3.63, 3.8) is 0 Å². The van der Waals surface area contributed by atoms with E-state index in [0.29, 0.717) is 4.47 Å². The van der Waals surface area contributed by atoms with E-state index < -0.39 is 10.9 Å². The summed E-state index contributed by atoms with van der Waals surface area (Å²) in [7, 11) is 0. The molecule has 0 aliphatic heterocycles. The predicted octanol–water partition coefficient (Wildman–Crippen LogP) is 4.50. The quantitative estimate of drug-likeness (QED) is 0.630. The third-order valence-corrected chi connectivity index (χ3v) is 3.41. The molecule has 21 heavy (non-hydrogen) atoms. The van der Waals surface area contributed by atoms with Gasteiger partial charge in [0.2, 0.25) is 5.75 Å². The zero-order chi connectivity index (χ0) is 15.6. The molecule has 0 unspecified atom stereocenters. The van der Waals surface area contributed by atoms with E-state index in [1.54, 1.807) is 0 Å². The van der Waals surface area contributed by atoms with Crippen LogP contribution in [0.2, 0.25) is 5.02 Å². The van der Waals surface area contributed by atoms with Crippen molar-refractivity contribution in [2.24, 2.45) is 0 Å². The van der Waals surface area contributed by atoms with Gasteiger partial charge in [-0.05, 0) is 40.2 Å². The molecule has 2 aromatic carbocycles. The summed E-state index contributed by atoms with van der Waals surface area (Å²) in [6.45, 7) is 0. The first-order chi connectivity index (χ1) is 9.88. The summed E-state index contributed by atoms with van der Waals surface area (Å²) in [5, 5.41) is 20.2. The van der Waals surface area contributed by atoms with E-state index in [1.807, 2.05) is 0 Å². The van der Waals surface area contributed by atoms with Gasteiger partial charge in [-0.25, -0.2) is 4.79 Å². The lowest BCUT2D eigenvalue weighted by Gasteiger charge is -2.09. The third kappa shape index (κ3) is 3.50. The molecule has 0 saturated carbocycles. The zero-order valence-corrected chi connectivity index (χ0v) is 12.6. The molecule has 1 N–H and O–H groups in total. The van der Waals surface area contributed by atoms with E-state index >= 15 is 0 Å². The maximum absolute atomic E-state index is 11.0. The Labute approximate surface area is 132 Å². The fourth-order valence-electron chi connectivity index (χ4n) is 1.55. The molecule has 2 rings (SSSR count). The molecule has 0 aliphatic carbocycles. The smallest absolute Gasteiger partial charge is 0.335 e. The van der Waals surface area contributed by atoms with Gasteiger partial charge >= 0.3 is 11.7 Å². The number of aromatic carboxylic acids is 1. The minimum absolute atomic E-state index is 0.00196. The second-order valence-electron chi connectivity index (χ2n) is 3.92. The number of hydrogen-bond acceptors (Lipinski definition) is 4. The average molecular weight is 373 g/mol. The van der Waals surface area contributed by atoms with Crippen LogP contribution in [0.1, 0.15) is 10.4 Å². The van der Waals surface area contributed by atoms with Gasteiger partial charge in [-0.15, -0.1) is 0 Å². The highest BCUT2D eigenvalue weighted by molar-refractivity contribution is 9.10. The zero-order valence-electron chi connectivity index (χ0n) is 10.2. The molecular weight excluding hydrogens is 366 g/mol. The Hall–Kier alpha value is -2.12. The van der Waals surface area contributed by atoms with Gasteiger partial charge in [-0.1, -0.05) is 11.6 Å². The molecular formula is C13H7BrClNO5. The number of carboxylic acids is 1. The minimum atomic E-state index is -1.13. The molecule has 0 fully saturated rings. The topological polar surface area (TPSA) is 89.7 Å². The first kappa shape index (κ1) is 15.3. The fourth-order valence-corrected chi connectivity index (χ4v) is 2.04. The van der Waals surface area contributed by atoms with Gasteiger partial charge in [0.15, 0.2) is 0 Å². The van der Waals surface area contributed by atoms with E-state index in [0.717, 1.165) is 0 Å². The van der Waals surface area contributed by atoms with Crippen molar-refractivity contribution in [3.8, 4) is 11.5 Å². The Morgan fingerprint density at radius 3 is 2.57 bits per heavy atom. The van der Waals surface area contributed by atoms with Crippen LogP contribution in [0.5, 0.6) is 11.5 Å². The maximum Gasteiger partial charge on any atom is 0.335 e. The normalized spacial score (nSPS) is 10.2. The highest BCUT2D eigenvalue weighted by Gasteiger charge is 2.18. The van der Waals surface area contributed by atoms with Gasteiger partial charge in [0.25, 0.3) is 0 Å². The SMILES string of the molecule is O=C(O)c1ccc(Br)c(Oc2cc(Cl)ccc2[N+](=O)[O-])c1. The van der Waals surface area contributed by atoms with Gasteiger partial charge in [-0.2, -0.15) is 0 Å². The molecule has 0 spiro atoms. The molecule has 0 aromatic heterocycles. The van der Waals surface area contributed by atoms with Crippen LogP contribution >= 0.6 is 27.5 Å². The molecule has 0 bridgehead atoms. The number of carboxylic acid groups (broad SMARTS) is 1. The van der Waals surface area contributed by atoms with Crippen LogP contribution in [0.15, 0.2) is 40.9 Å². The van der Waals surface area contributed by atoms with Crippen LogP contribution < -0.4 is 4.74 Å². The summed E-state index contributed by atoms with van der Waals surface area (Å²) in [4.78, 5) is 21.3. The Kier molecular flexibility index (Phi) is 4.44. The van der Waals surface area contributed by atoms with E-state index in [-0.39, 0.29) is 27.8 Å². The van der Waals surface area contributed by atoms with E-state index in [1.165, 1.54) is 36.4 Å². The highest BCUT2D eigenvalue weighted by Crippen LogP contribution is 2.37. The summed E-state index contributed by atoms with van der Waals surface area (Å²) in [6.07, 6.45) is 0. The maximum atomic E-state index is 11.0. The van der Waals surface area contributed by atoms with Gasteiger partial charge in [-0.3, -0.25) is 10.1 Å². The van der Waals surface area contributed by atoms with Gasteiger partial charge in [0.1, 0.15) is 5.75 Å². The van der Waals surface area contributed by atoms with Gasteiger partial charge in [0, 0.05) is 17.2 Å². The van der Waals surface area contributed by atoms with Crippen molar-refractivity contribution in [2.75, 3.05) is 0 Å². The summed E-state index contributed by atoms with van der Waals surface area (Å²) < 4.78 is 5.90. The number of benzene rings is 2. The first-order valence-electron chi connectivity index (χ1n) is 5.53. The summed E-state index contributed by atoms with van der Waals surface area (Å²) in [5.74, 6) is -1.07. The van der Waals surface area contributed by atoms with Crippen molar-refractivity contribution in [1.82, 2.24) is 0 Å². The lowest BCUT2D eigenvalue weighted by molar-refractivity contribution is -0.385. The summed E-state index contributed by atoms with van der Waals surface area (Å²) >= 11 is 9.00. The molecule has 0 amide bonds.